The van der Waals surface area contributed by atoms with E-state index in [4.69, 9.17) is 8.53 Å². The lowest BCUT2D eigenvalue weighted by atomic mass is 10.1. The van der Waals surface area contributed by atoms with Gasteiger partial charge in [-0.25, -0.2) is 23.3 Å². The number of rotatable bonds is 1. The largest absolute Gasteiger partial charge is 0.413 e. The normalized spacial score (nSPS) is 13.5. The summed E-state index contributed by atoms with van der Waals surface area (Å²) >= 11 is 1.85. The lowest BCUT2D eigenvalue weighted by molar-refractivity contribution is -0.651. The number of fused-ring (bicyclic) bond motifs is 35. The number of hydrogen-bond donors (Lipinski definition) is 0. The second-order valence-electron chi connectivity index (χ2n) is 26.6. The van der Waals surface area contributed by atoms with Crippen molar-refractivity contribution in [3.05, 3.63) is 302 Å². The van der Waals surface area contributed by atoms with Gasteiger partial charge in [-0.05, 0) is 108 Å². The number of hydrogen-bond acceptors (Lipinski definition) is 7. The monoisotopic (exact) mass is 1360 g/mol. The number of aromatic nitrogens is 18. The molecule has 0 N–H and O–H groups in total. The zero-order valence-electron chi connectivity index (χ0n) is 58.4. The quantitative estimate of drug-likeness (QED) is 0.150. The van der Waals surface area contributed by atoms with E-state index in [1.807, 2.05) is 137 Å². The molecule has 19 nitrogen and oxygen atoms in total. The number of imidazole rings is 3. The minimum absolute atomic E-state index is 0.660. The minimum Gasteiger partial charge on any atom is -0.413 e. The van der Waals surface area contributed by atoms with Crippen LogP contribution in [0.15, 0.2) is 278 Å². The Bertz CT molecular complexity index is 7220. The van der Waals surface area contributed by atoms with E-state index in [0.29, 0.717) is 12.1 Å². The van der Waals surface area contributed by atoms with Gasteiger partial charge in [-0.2, -0.15) is 9.13 Å². The third-order valence-electron chi connectivity index (χ3n) is 20.9. The smallest absolute Gasteiger partial charge is 0.354 e. The summed E-state index contributed by atoms with van der Waals surface area (Å²) in [4.78, 5) is 5.71. The third kappa shape index (κ3) is 8.43. The van der Waals surface area contributed by atoms with Crippen LogP contribution in [-0.4, -0.2) is 61.5 Å². The van der Waals surface area contributed by atoms with Crippen LogP contribution < -0.4 is 22.8 Å². The zero-order valence-corrected chi connectivity index (χ0v) is 56.2. The molecule has 0 fully saturated rings. The fourth-order valence-electron chi connectivity index (χ4n) is 16.5. The van der Waals surface area contributed by atoms with Gasteiger partial charge in [0.25, 0.3) is 27.8 Å². The summed E-state index contributed by atoms with van der Waals surface area (Å²) in [7, 11) is 2.13. The maximum atomic E-state index is 8.01. The van der Waals surface area contributed by atoms with E-state index in [9.17, 15) is 0 Å². The number of thiazole rings is 1. The van der Waals surface area contributed by atoms with Crippen LogP contribution in [0.3, 0.4) is 0 Å². The van der Waals surface area contributed by atoms with Gasteiger partial charge in [0, 0.05) is 64.5 Å². The summed E-state index contributed by atoms with van der Waals surface area (Å²) in [6, 6.07) is 81.3. The number of aryl methyl sites for hydroxylation is 2. The Morgan fingerprint density at radius 1 is 0.398 bits per heavy atom. The molecule has 15 aromatic heterocycles. The summed E-state index contributed by atoms with van der Waals surface area (Å²) < 4.78 is 57.5. The SMILES string of the molecule is Cn1c2[n+](c3c1cc1cccnn13)Cc1ccccc1-2.[2H]C([2H])([2H])n1c2[n+](c3c1cc1cccnn13)Cc1ccccc1-2.c1ccc(-n2c3[n+](c4c2cc2cccnn24)Cc2ccccc2-3)cc1.c1ccc2c(c1)C[n+]1c-2oc2cc3cccnn3c21.c1ccc2c(c1)C[n+]1c-2sc2c1cc1ncccn12. The number of benzene rings is 6. The van der Waals surface area contributed by atoms with Crippen molar-refractivity contribution in [1.82, 2.24) is 61.5 Å². The molecule has 0 atom stereocenters. The van der Waals surface area contributed by atoms with Crippen molar-refractivity contribution in [2.45, 2.75) is 32.7 Å². The average molecular weight is 1360 g/mol. The first-order valence-electron chi connectivity index (χ1n) is 35.9. The molecule has 0 unspecified atom stereocenters. The molecule has 5 aliphatic heterocycles. The Hall–Kier alpha value is -13.5. The summed E-state index contributed by atoms with van der Waals surface area (Å²) in [5.41, 5.74) is 28.6. The lowest BCUT2D eigenvalue weighted by Gasteiger charge is -2.03. The van der Waals surface area contributed by atoms with E-state index >= 15 is 0 Å². The molecule has 103 heavy (non-hydrogen) atoms. The van der Waals surface area contributed by atoms with Gasteiger partial charge >= 0.3 is 5.65 Å². The van der Waals surface area contributed by atoms with Gasteiger partial charge in [-0.15, -0.1) is 28.8 Å². The molecule has 21 aromatic rings. The fourth-order valence-corrected chi connectivity index (χ4v) is 17.8. The molecule has 0 saturated carbocycles. The molecular weight excluding hydrogens is 1300 g/mol. The third-order valence-corrected chi connectivity index (χ3v) is 22.2. The summed E-state index contributed by atoms with van der Waals surface area (Å²) in [6.45, 7) is 2.04. The zero-order chi connectivity index (χ0) is 70.2. The molecule has 20 heterocycles. The summed E-state index contributed by atoms with van der Waals surface area (Å²) in [5, 5.41) is 19.3. The first-order chi connectivity index (χ1) is 52.1. The maximum Gasteiger partial charge on any atom is 0.354 e. The molecular formula is C83H61N18OS+5. The standard InChI is InChI=1S/C21H15N4.2C16H13N4.C15H10N3O.C15H10N3S/c1-2-8-16(9-3-1)24-19-13-17-10-6-12-22-25(17)21(19)23-14-15-7-4-5-11-18(15)20(23)24;2*1-18-14-9-12-6-4-8-17-20(12)16(14)19-10-11-5-2-3-7-13(11)15(18)19;1-2-6-12-10(4-1)9-17-14-13(19-15(12)17)8-11-5-3-7-16-18(11)14;1-2-5-11-10(4-1)9-18-12-8-13-16-6-3-7-17(13)15(12)19-14(11)18/h1-13H,14H2;2*2-9H,10H2,1H3;2*1-8H,9H2/q5*+1/i;1D3;;;. The van der Waals surface area contributed by atoms with E-state index in [-0.39, 0.29) is 0 Å². The van der Waals surface area contributed by atoms with Gasteiger partial charge in [-0.1, -0.05) is 119 Å². The van der Waals surface area contributed by atoms with Gasteiger partial charge < -0.3 is 4.42 Å². The Balaban J connectivity index is 0.0000000830. The summed E-state index contributed by atoms with van der Waals surface area (Å²) in [5.74, 6) is 4.16. The van der Waals surface area contributed by atoms with Crippen molar-refractivity contribution in [2.24, 2.45) is 14.0 Å². The average Bonchev–Trinajstić information content (AvgIpc) is 1.56. The predicted octanol–water partition coefficient (Wildman–Crippen LogP) is 13.1. The second kappa shape index (κ2) is 22.0. The number of para-hydroxylation sites is 1. The highest BCUT2D eigenvalue weighted by Crippen LogP contribution is 2.39. The van der Waals surface area contributed by atoms with E-state index in [2.05, 4.69) is 222 Å². The predicted molar refractivity (Wildman–Crippen MR) is 395 cm³/mol. The van der Waals surface area contributed by atoms with Crippen molar-refractivity contribution in [3.8, 4) is 61.9 Å². The highest BCUT2D eigenvalue weighted by molar-refractivity contribution is 7.20. The second-order valence-corrected chi connectivity index (χ2v) is 27.6. The van der Waals surface area contributed by atoms with Gasteiger partial charge in [-0.3, -0.25) is 13.5 Å². The van der Waals surface area contributed by atoms with E-state index in [1.165, 1.54) is 98.4 Å². The van der Waals surface area contributed by atoms with E-state index in [0.717, 1.165) is 99.3 Å². The molecule has 26 rings (SSSR count). The topological polar surface area (TPSA) is 134 Å². The van der Waals surface area contributed by atoms with Gasteiger partial charge in [0.15, 0.2) is 33.4 Å². The van der Waals surface area contributed by atoms with Gasteiger partial charge in [0.1, 0.15) is 34.4 Å². The first kappa shape index (κ1) is 54.5. The first-order valence-corrected chi connectivity index (χ1v) is 35.2. The van der Waals surface area contributed by atoms with Crippen molar-refractivity contribution in [1.29, 1.82) is 0 Å². The molecule has 0 aliphatic carbocycles. The van der Waals surface area contributed by atoms with Gasteiger partial charge in [0.05, 0.1) is 96.4 Å². The van der Waals surface area contributed by atoms with Crippen LogP contribution in [0.25, 0.3) is 145 Å². The lowest BCUT2D eigenvalue weighted by Crippen LogP contribution is -2.32. The Labute approximate surface area is 594 Å². The minimum atomic E-state index is -2.25. The fraction of sp³-hybridized carbons (Fsp3) is 0.0843. The van der Waals surface area contributed by atoms with Crippen LogP contribution in [0.4, 0.5) is 0 Å². The molecule has 0 amide bonds. The Morgan fingerprint density at radius 3 is 1.44 bits per heavy atom. The summed E-state index contributed by atoms with van der Waals surface area (Å²) in [6.07, 6.45) is 11.1. The van der Waals surface area contributed by atoms with Crippen molar-refractivity contribution in [3.63, 3.8) is 0 Å². The van der Waals surface area contributed by atoms with Gasteiger partial charge in [0.2, 0.25) is 28.6 Å². The molecule has 20 heteroatoms. The highest BCUT2D eigenvalue weighted by atomic mass is 32.1. The highest BCUT2D eigenvalue weighted by Gasteiger charge is 2.39. The Morgan fingerprint density at radius 2 is 0.845 bits per heavy atom. The molecule has 5 aliphatic rings. The van der Waals surface area contributed by atoms with Crippen LogP contribution in [0.1, 0.15) is 31.9 Å². The molecule has 0 bridgehead atoms. The van der Waals surface area contributed by atoms with Crippen LogP contribution in [0, 0.1) is 0 Å². The van der Waals surface area contributed by atoms with Crippen molar-refractivity contribution in [2.75, 3.05) is 0 Å². The van der Waals surface area contributed by atoms with Crippen LogP contribution in [0.2, 0.25) is 0 Å². The van der Waals surface area contributed by atoms with Crippen molar-refractivity contribution < 1.29 is 31.4 Å². The maximum absolute atomic E-state index is 8.01. The van der Waals surface area contributed by atoms with Crippen LogP contribution in [0.5, 0.6) is 0 Å². The molecule has 0 radical (unpaired) electrons. The molecule has 490 valence electrons. The van der Waals surface area contributed by atoms with Crippen LogP contribution >= 0.6 is 11.3 Å². The Kier molecular flexibility index (Phi) is 11.6. The number of oxazole rings is 1. The molecule has 0 saturated heterocycles. The molecule has 6 aromatic carbocycles. The van der Waals surface area contributed by atoms with E-state index < -0.39 is 6.98 Å². The number of nitrogens with zero attached hydrogens (tertiary/aromatic N) is 18. The molecule has 0 spiro atoms. The van der Waals surface area contributed by atoms with Crippen molar-refractivity contribution >= 4 is 94.1 Å². The van der Waals surface area contributed by atoms with Crippen LogP contribution in [-0.2, 0) is 46.7 Å². The van der Waals surface area contributed by atoms with E-state index in [1.54, 1.807) is 12.4 Å².